The first-order valence-corrected chi connectivity index (χ1v) is 8.56. The summed E-state index contributed by atoms with van der Waals surface area (Å²) in [6, 6.07) is 1.69. The summed E-state index contributed by atoms with van der Waals surface area (Å²) in [6.07, 6.45) is 6.27. The Morgan fingerprint density at radius 2 is 2.21 bits per heavy atom. The SMILES string of the molecule is CC1c2ncc(COCC3CC3)n2CCN1C(=O)c1ccn(C)n1. The zero-order valence-electron chi connectivity index (χ0n) is 14.2. The third-order valence-electron chi connectivity index (χ3n) is 4.87. The number of ether oxygens (including phenoxy) is 1. The lowest BCUT2D eigenvalue weighted by molar-refractivity contribution is 0.0620. The minimum atomic E-state index is -0.0644. The second-order valence-corrected chi connectivity index (χ2v) is 6.77. The molecule has 1 aliphatic heterocycles. The van der Waals surface area contributed by atoms with Gasteiger partial charge < -0.3 is 14.2 Å². The van der Waals surface area contributed by atoms with Gasteiger partial charge in [-0.3, -0.25) is 9.48 Å². The van der Waals surface area contributed by atoms with E-state index < -0.39 is 0 Å². The fraction of sp³-hybridized carbons (Fsp3) is 0.588. The maximum Gasteiger partial charge on any atom is 0.275 e. The summed E-state index contributed by atoms with van der Waals surface area (Å²) in [4.78, 5) is 19.1. The predicted molar refractivity (Wildman–Crippen MR) is 87.3 cm³/mol. The number of carbonyl (C=O) groups is 1. The number of aryl methyl sites for hydroxylation is 1. The van der Waals surface area contributed by atoms with Crippen LogP contribution in [0.3, 0.4) is 0 Å². The van der Waals surface area contributed by atoms with Crippen LogP contribution in [-0.4, -0.2) is 43.3 Å². The molecule has 2 aromatic heterocycles. The van der Waals surface area contributed by atoms with E-state index in [9.17, 15) is 4.79 Å². The molecule has 0 N–H and O–H groups in total. The van der Waals surface area contributed by atoms with Gasteiger partial charge in [0.15, 0.2) is 0 Å². The molecule has 0 bridgehead atoms. The van der Waals surface area contributed by atoms with Gasteiger partial charge in [0.05, 0.1) is 24.5 Å². The first-order valence-electron chi connectivity index (χ1n) is 8.56. The summed E-state index contributed by atoms with van der Waals surface area (Å²) in [6.45, 7) is 4.88. The van der Waals surface area contributed by atoms with Crippen LogP contribution in [0.2, 0.25) is 0 Å². The number of aromatic nitrogens is 4. The zero-order valence-corrected chi connectivity index (χ0v) is 14.2. The topological polar surface area (TPSA) is 65.2 Å². The average molecular weight is 329 g/mol. The fourth-order valence-corrected chi connectivity index (χ4v) is 3.24. The van der Waals surface area contributed by atoms with Crippen LogP contribution >= 0.6 is 0 Å². The van der Waals surface area contributed by atoms with Gasteiger partial charge in [-0.2, -0.15) is 5.10 Å². The molecule has 1 aliphatic carbocycles. The molecular weight excluding hydrogens is 306 g/mol. The molecule has 3 heterocycles. The van der Waals surface area contributed by atoms with Crippen LogP contribution in [0.5, 0.6) is 0 Å². The van der Waals surface area contributed by atoms with E-state index in [1.165, 1.54) is 12.8 Å². The summed E-state index contributed by atoms with van der Waals surface area (Å²) in [5, 5.41) is 4.22. The molecule has 1 amide bonds. The molecule has 2 aromatic rings. The van der Waals surface area contributed by atoms with E-state index in [0.717, 1.165) is 30.6 Å². The summed E-state index contributed by atoms with van der Waals surface area (Å²) < 4.78 is 9.64. The van der Waals surface area contributed by atoms with Crippen molar-refractivity contribution in [2.75, 3.05) is 13.2 Å². The van der Waals surface area contributed by atoms with E-state index in [1.54, 1.807) is 16.9 Å². The molecule has 1 atom stereocenters. The van der Waals surface area contributed by atoms with Crippen LogP contribution in [0.15, 0.2) is 18.5 Å². The van der Waals surface area contributed by atoms with E-state index >= 15 is 0 Å². The normalized spacial score (nSPS) is 20.2. The van der Waals surface area contributed by atoms with Crippen LogP contribution < -0.4 is 0 Å². The van der Waals surface area contributed by atoms with Crippen molar-refractivity contribution >= 4 is 5.91 Å². The van der Waals surface area contributed by atoms with Crippen LogP contribution in [0.25, 0.3) is 0 Å². The lowest BCUT2D eigenvalue weighted by Gasteiger charge is -2.34. The number of nitrogens with zero attached hydrogens (tertiary/aromatic N) is 5. The largest absolute Gasteiger partial charge is 0.375 e. The molecular formula is C17H23N5O2. The molecule has 1 unspecified atom stereocenters. The highest BCUT2D eigenvalue weighted by molar-refractivity contribution is 5.92. The summed E-state index contributed by atoms with van der Waals surface area (Å²) in [5.74, 6) is 1.65. The fourth-order valence-electron chi connectivity index (χ4n) is 3.24. The second-order valence-electron chi connectivity index (χ2n) is 6.77. The van der Waals surface area contributed by atoms with Crippen molar-refractivity contribution in [3.8, 4) is 0 Å². The maximum absolute atomic E-state index is 12.7. The number of rotatable bonds is 5. The highest BCUT2D eigenvalue weighted by Gasteiger charge is 2.31. The number of hydrogen-bond donors (Lipinski definition) is 0. The number of amides is 1. The van der Waals surface area contributed by atoms with E-state index in [4.69, 9.17) is 4.74 Å². The van der Waals surface area contributed by atoms with E-state index in [2.05, 4.69) is 14.6 Å². The molecule has 0 spiro atoms. The van der Waals surface area contributed by atoms with Crippen LogP contribution in [-0.2, 0) is 24.9 Å². The first-order chi connectivity index (χ1) is 11.6. The minimum Gasteiger partial charge on any atom is -0.375 e. The smallest absolute Gasteiger partial charge is 0.275 e. The summed E-state index contributed by atoms with van der Waals surface area (Å²) in [5.41, 5.74) is 1.58. The van der Waals surface area contributed by atoms with Gasteiger partial charge in [0.25, 0.3) is 5.91 Å². The molecule has 24 heavy (non-hydrogen) atoms. The van der Waals surface area contributed by atoms with Crippen LogP contribution in [0.4, 0.5) is 0 Å². The maximum atomic E-state index is 12.7. The summed E-state index contributed by atoms with van der Waals surface area (Å²) >= 11 is 0. The standard InChI is InChI=1S/C17H23N5O2/c1-12-16-18-9-14(11-24-10-13-3-4-13)22(16)8-7-21(12)17(23)15-5-6-20(2)19-15/h5-6,9,12-13H,3-4,7-8,10-11H2,1-2H3. The van der Waals surface area contributed by atoms with Crippen molar-refractivity contribution in [2.24, 2.45) is 13.0 Å². The van der Waals surface area contributed by atoms with E-state index in [1.807, 2.05) is 25.1 Å². The lowest BCUT2D eigenvalue weighted by atomic mass is 10.2. The number of carbonyl (C=O) groups excluding carboxylic acids is 1. The molecule has 2 aliphatic rings. The van der Waals surface area contributed by atoms with Gasteiger partial charge in [-0.25, -0.2) is 4.98 Å². The van der Waals surface area contributed by atoms with Crippen molar-refractivity contribution in [2.45, 2.75) is 39.0 Å². The number of fused-ring (bicyclic) bond motifs is 1. The van der Waals surface area contributed by atoms with Crippen molar-refractivity contribution in [1.29, 1.82) is 0 Å². The molecule has 128 valence electrons. The molecule has 0 saturated heterocycles. The predicted octanol–water partition coefficient (Wildman–Crippen LogP) is 1.76. The molecule has 4 rings (SSSR count). The first kappa shape index (κ1) is 15.4. The Morgan fingerprint density at radius 3 is 2.92 bits per heavy atom. The Morgan fingerprint density at radius 1 is 1.38 bits per heavy atom. The van der Waals surface area contributed by atoms with E-state index in [-0.39, 0.29) is 11.9 Å². The minimum absolute atomic E-state index is 0.0381. The third kappa shape index (κ3) is 2.84. The van der Waals surface area contributed by atoms with Gasteiger partial charge in [0.2, 0.25) is 0 Å². The van der Waals surface area contributed by atoms with E-state index in [0.29, 0.717) is 18.8 Å². The molecule has 1 saturated carbocycles. The van der Waals surface area contributed by atoms with Crippen molar-refractivity contribution in [1.82, 2.24) is 24.2 Å². The second kappa shape index (κ2) is 6.05. The monoisotopic (exact) mass is 329 g/mol. The lowest BCUT2D eigenvalue weighted by Crippen LogP contribution is -2.41. The molecule has 7 heteroatoms. The Labute approximate surface area is 141 Å². The van der Waals surface area contributed by atoms with Crippen LogP contribution in [0, 0.1) is 5.92 Å². The zero-order chi connectivity index (χ0) is 16.7. The quantitative estimate of drug-likeness (QED) is 0.838. The summed E-state index contributed by atoms with van der Waals surface area (Å²) in [7, 11) is 1.82. The highest BCUT2D eigenvalue weighted by Crippen LogP contribution is 2.30. The number of imidazole rings is 1. The third-order valence-corrected chi connectivity index (χ3v) is 4.87. The van der Waals surface area contributed by atoms with Gasteiger partial charge in [-0.05, 0) is 31.7 Å². The molecule has 0 aromatic carbocycles. The van der Waals surface area contributed by atoms with Gasteiger partial charge in [0, 0.05) is 32.9 Å². The van der Waals surface area contributed by atoms with Gasteiger partial charge in [-0.15, -0.1) is 0 Å². The molecule has 7 nitrogen and oxygen atoms in total. The van der Waals surface area contributed by atoms with Gasteiger partial charge in [0.1, 0.15) is 11.5 Å². The Hall–Kier alpha value is -2.15. The molecule has 0 radical (unpaired) electrons. The Kier molecular flexibility index (Phi) is 3.88. The Balaban J connectivity index is 1.47. The van der Waals surface area contributed by atoms with Crippen molar-refractivity contribution in [3.05, 3.63) is 35.7 Å². The Bertz CT molecular complexity index is 746. The van der Waals surface area contributed by atoms with Crippen molar-refractivity contribution in [3.63, 3.8) is 0 Å². The average Bonchev–Trinajstić information content (AvgIpc) is 3.14. The van der Waals surface area contributed by atoms with Gasteiger partial charge >= 0.3 is 0 Å². The highest BCUT2D eigenvalue weighted by atomic mass is 16.5. The van der Waals surface area contributed by atoms with Crippen LogP contribution in [0.1, 0.15) is 47.8 Å². The molecule has 1 fully saturated rings. The number of hydrogen-bond acceptors (Lipinski definition) is 4. The van der Waals surface area contributed by atoms with Gasteiger partial charge in [-0.1, -0.05) is 0 Å². The van der Waals surface area contributed by atoms with Crippen molar-refractivity contribution < 1.29 is 9.53 Å².